The molecule has 1 rings (SSSR count). The second-order valence-corrected chi connectivity index (χ2v) is 5.11. The first kappa shape index (κ1) is 18.7. The fraction of sp³-hybridized carbons (Fsp3) is 1.00. The van der Waals surface area contributed by atoms with Crippen molar-refractivity contribution in [2.75, 3.05) is 59.2 Å². The van der Waals surface area contributed by atoms with Crippen molar-refractivity contribution in [2.45, 2.75) is 18.4 Å². The van der Waals surface area contributed by atoms with Gasteiger partial charge in [0.25, 0.3) is 0 Å². The Kier molecular flexibility index (Phi) is 8.67. The molecule has 0 saturated carbocycles. The molecule has 0 bridgehead atoms. The van der Waals surface area contributed by atoms with Crippen LogP contribution in [0.4, 0.5) is 0 Å². The van der Waals surface area contributed by atoms with Crippen LogP contribution in [0.3, 0.4) is 0 Å². The van der Waals surface area contributed by atoms with Crippen LogP contribution in [0.1, 0.15) is 12.8 Å². The van der Waals surface area contributed by atoms with Gasteiger partial charge < -0.3 is 35.7 Å². The first-order chi connectivity index (χ1) is 8.70. The Morgan fingerprint density at radius 2 is 1.42 bits per heavy atom. The molecule has 0 spiro atoms. The smallest absolute Gasteiger partial charge is 0.116 e. The van der Waals surface area contributed by atoms with Crippen LogP contribution in [0.2, 0.25) is 0 Å². The third-order valence-electron chi connectivity index (χ3n) is 4.39. The normalized spacial score (nSPS) is 20.8. The largest absolute Gasteiger partial charge is 0.870 e. The van der Waals surface area contributed by atoms with E-state index in [2.05, 4.69) is 5.32 Å². The number of nitrogens with zero attached hydrogens (tertiary/aromatic N) is 1. The quantitative estimate of drug-likeness (QED) is 0.319. The fourth-order valence-corrected chi connectivity index (χ4v) is 3.40. The lowest BCUT2D eigenvalue weighted by molar-refractivity contribution is -0.979. The van der Waals surface area contributed by atoms with E-state index in [1.165, 1.54) is 0 Å². The zero-order valence-electron chi connectivity index (χ0n) is 11.5. The van der Waals surface area contributed by atoms with Gasteiger partial charge in [-0.25, -0.2) is 0 Å². The molecule has 0 aromatic rings. The molecule has 1 saturated heterocycles. The Bertz CT molecular complexity index is 193. The number of hydrogen-bond donors (Lipinski definition) is 5. The van der Waals surface area contributed by atoms with E-state index in [9.17, 15) is 20.4 Å². The summed E-state index contributed by atoms with van der Waals surface area (Å²) >= 11 is 0. The number of quaternary nitrogens is 1. The molecule has 6 N–H and O–H groups in total. The highest BCUT2D eigenvalue weighted by atomic mass is 16.3. The maximum Gasteiger partial charge on any atom is 0.116 e. The summed E-state index contributed by atoms with van der Waals surface area (Å²) in [5.74, 6) is 0. The maximum absolute atomic E-state index is 9.34. The van der Waals surface area contributed by atoms with Crippen molar-refractivity contribution in [3.63, 3.8) is 0 Å². The van der Waals surface area contributed by atoms with Crippen molar-refractivity contribution in [1.82, 2.24) is 5.32 Å². The van der Waals surface area contributed by atoms with E-state index in [1.807, 2.05) is 0 Å². The van der Waals surface area contributed by atoms with E-state index < -0.39 is 0 Å². The van der Waals surface area contributed by atoms with Gasteiger partial charge in [-0.1, -0.05) is 0 Å². The Hall–Kier alpha value is -0.280. The molecular weight excluding hydrogens is 252 g/mol. The van der Waals surface area contributed by atoms with Gasteiger partial charge in [-0.15, -0.1) is 0 Å². The third-order valence-corrected chi connectivity index (χ3v) is 4.39. The van der Waals surface area contributed by atoms with Gasteiger partial charge in [0.2, 0.25) is 0 Å². The minimum Gasteiger partial charge on any atom is -0.870 e. The van der Waals surface area contributed by atoms with Crippen LogP contribution in [0, 0.1) is 0 Å². The molecule has 0 atom stereocenters. The summed E-state index contributed by atoms with van der Waals surface area (Å²) in [6, 6.07) is 0. The summed E-state index contributed by atoms with van der Waals surface area (Å²) in [5, 5.41) is 40.7. The van der Waals surface area contributed by atoms with Gasteiger partial charge in [-0.3, -0.25) is 0 Å². The molecule has 1 heterocycles. The van der Waals surface area contributed by atoms with E-state index in [0.29, 0.717) is 37.0 Å². The number of piperazine rings is 1. The molecule has 0 unspecified atom stereocenters. The molecular formula is C12H28N2O5. The van der Waals surface area contributed by atoms with Crippen LogP contribution < -0.4 is 5.32 Å². The lowest BCUT2D eigenvalue weighted by atomic mass is 9.84. The second kappa shape index (κ2) is 8.80. The third kappa shape index (κ3) is 3.85. The maximum atomic E-state index is 9.34. The Morgan fingerprint density at radius 3 is 1.84 bits per heavy atom. The highest BCUT2D eigenvalue weighted by Gasteiger charge is 2.51. The predicted molar refractivity (Wildman–Crippen MR) is 70.0 cm³/mol. The molecule has 7 heteroatoms. The Morgan fingerprint density at radius 1 is 0.895 bits per heavy atom. The standard InChI is InChI=1S/C12H27N2O4.H2O/c15-7-1-12(2-8-16)11-13-3-4-14(12,5-9-17)6-10-18;/h13,15-18H,1-11H2;1H2/q+1;/p-1. The number of hydrogen-bond acceptors (Lipinski definition) is 6. The van der Waals surface area contributed by atoms with Gasteiger partial charge in [0.1, 0.15) is 18.6 Å². The average molecular weight is 280 g/mol. The molecule has 1 aliphatic heterocycles. The molecule has 0 radical (unpaired) electrons. The summed E-state index contributed by atoms with van der Waals surface area (Å²) < 4.78 is 0.578. The monoisotopic (exact) mass is 280 g/mol. The van der Waals surface area contributed by atoms with Crippen molar-refractivity contribution in [1.29, 1.82) is 0 Å². The second-order valence-electron chi connectivity index (χ2n) is 5.11. The number of nitrogens with one attached hydrogen (secondary N) is 1. The summed E-state index contributed by atoms with van der Waals surface area (Å²) in [5.41, 5.74) is -0.298. The van der Waals surface area contributed by atoms with Crippen molar-refractivity contribution in [3.8, 4) is 0 Å². The van der Waals surface area contributed by atoms with Crippen LogP contribution in [0.15, 0.2) is 0 Å². The van der Waals surface area contributed by atoms with Crippen molar-refractivity contribution in [3.05, 3.63) is 0 Å². The minimum absolute atomic E-state index is 0. The lowest BCUT2D eigenvalue weighted by Crippen LogP contribution is -2.74. The summed E-state index contributed by atoms with van der Waals surface area (Å²) in [6.45, 7) is 3.67. The SMILES string of the molecule is OCCC1(CCO)CNCC[N+]1(CCO)CCO.[OH-]. The molecule has 0 aromatic heterocycles. The van der Waals surface area contributed by atoms with E-state index in [1.54, 1.807) is 0 Å². The highest BCUT2D eigenvalue weighted by Crippen LogP contribution is 2.33. The van der Waals surface area contributed by atoms with Crippen molar-refractivity contribution >= 4 is 0 Å². The van der Waals surface area contributed by atoms with Crippen LogP contribution >= 0.6 is 0 Å². The molecule has 116 valence electrons. The predicted octanol–water partition coefficient (Wildman–Crippen LogP) is -2.28. The molecule has 0 aromatic carbocycles. The Balaban J connectivity index is 0.00000324. The van der Waals surface area contributed by atoms with Gasteiger partial charge in [0, 0.05) is 32.6 Å². The first-order valence-corrected chi connectivity index (χ1v) is 6.70. The molecule has 7 nitrogen and oxygen atoms in total. The molecule has 0 amide bonds. The number of aliphatic hydroxyl groups is 4. The van der Waals surface area contributed by atoms with Gasteiger partial charge >= 0.3 is 0 Å². The van der Waals surface area contributed by atoms with Crippen molar-refractivity contribution < 1.29 is 30.4 Å². The molecule has 0 aliphatic carbocycles. The molecule has 1 fully saturated rings. The molecule has 19 heavy (non-hydrogen) atoms. The highest BCUT2D eigenvalue weighted by molar-refractivity contribution is 4.88. The van der Waals surface area contributed by atoms with Crippen LogP contribution in [-0.4, -0.2) is 95.1 Å². The van der Waals surface area contributed by atoms with E-state index >= 15 is 0 Å². The van der Waals surface area contributed by atoms with Gasteiger partial charge in [-0.05, 0) is 0 Å². The van der Waals surface area contributed by atoms with Gasteiger partial charge in [-0.2, -0.15) is 0 Å². The van der Waals surface area contributed by atoms with Crippen LogP contribution in [0.5, 0.6) is 0 Å². The van der Waals surface area contributed by atoms with E-state index in [4.69, 9.17) is 0 Å². The summed E-state index contributed by atoms with van der Waals surface area (Å²) in [6.07, 6.45) is 1.14. The van der Waals surface area contributed by atoms with E-state index in [-0.39, 0.29) is 37.4 Å². The van der Waals surface area contributed by atoms with Gasteiger partial charge in [0.15, 0.2) is 0 Å². The van der Waals surface area contributed by atoms with Crippen LogP contribution in [-0.2, 0) is 0 Å². The molecule has 1 aliphatic rings. The number of aliphatic hydroxyl groups excluding tert-OH is 4. The Labute approximate surface area is 114 Å². The summed E-state index contributed by atoms with van der Waals surface area (Å²) in [7, 11) is 0. The average Bonchev–Trinajstić information content (AvgIpc) is 2.34. The number of rotatable bonds is 8. The van der Waals surface area contributed by atoms with Crippen LogP contribution in [0.25, 0.3) is 0 Å². The van der Waals surface area contributed by atoms with Crippen molar-refractivity contribution in [2.24, 2.45) is 0 Å². The zero-order chi connectivity index (χ0) is 13.5. The first-order valence-electron chi connectivity index (χ1n) is 6.70. The summed E-state index contributed by atoms with van der Waals surface area (Å²) in [4.78, 5) is 0. The van der Waals surface area contributed by atoms with E-state index in [0.717, 1.165) is 13.1 Å². The minimum atomic E-state index is -0.298. The topological polar surface area (TPSA) is 123 Å². The zero-order valence-corrected chi connectivity index (χ0v) is 11.5. The fourth-order valence-electron chi connectivity index (χ4n) is 3.40. The lowest BCUT2D eigenvalue weighted by Gasteiger charge is -2.56. The van der Waals surface area contributed by atoms with Gasteiger partial charge in [0.05, 0.1) is 26.3 Å².